The van der Waals surface area contributed by atoms with E-state index in [2.05, 4.69) is 10.2 Å². The molecule has 0 spiro atoms. The second kappa shape index (κ2) is 9.61. The summed E-state index contributed by atoms with van der Waals surface area (Å²) >= 11 is 0. The number of furan rings is 1. The summed E-state index contributed by atoms with van der Waals surface area (Å²) < 4.78 is 11.5. The predicted octanol–water partition coefficient (Wildman–Crippen LogP) is 4.93. The molecule has 3 heterocycles. The summed E-state index contributed by atoms with van der Waals surface area (Å²) in [6, 6.07) is 11.9. The summed E-state index contributed by atoms with van der Waals surface area (Å²) in [6.07, 6.45) is 8.62. The molecule has 0 unspecified atom stereocenters. The fourth-order valence-electron chi connectivity index (χ4n) is 4.54. The number of nitrogens with one attached hydrogen (secondary N) is 1. The van der Waals surface area contributed by atoms with Gasteiger partial charge in [-0.25, -0.2) is 4.98 Å². The Labute approximate surface area is 189 Å². The van der Waals surface area contributed by atoms with Crippen molar-refractivity contribution in [2.75, 3.05) is 43.5 Å². The summed E-state index contributed by atoms with van der Waals surface area (Å²) in [5.41, 5.74) is 3.30. The number of aryl methyl sites for hydroxylation is 1. The summed E-state index contributed by atoms with van der Waals surface area (Å²) in [5, 5.41) is 3.38. The number of ether oxygens (including phenoxy) is 1. The van der Waals surface area contributed by atoms with Gasteiger partial charge in [0.1, 0.15) is 18.2 Å². The number of rotatable bonds is 8. The maximum absolute atomic E-state index is 5.92. The van der Waals surface area contributed by atoms with E-state index in [1.165, 1.54) is 37.9 Å². The van der Waals surface area contributed by atoms with Gasteiger partial charge < -0.3 is 14.5 Å². The minimum absolute atomic E-state index is 0.613. The molecular weight excluding hydrogens is 402 g/mol. The monoisotopic (exact) mass is 433 g/mol. The fraction of sp³-hybridized carbons (Fsp3) is 0.440. The quantitative estimate of drug-likeness (QED) is 0.540. The van der Waals surface area contributed by atoms with Crippen LogP contribution < -0.4 is 15.0 Å². The molecule has 32 heavy (non-hydrogen) atoms. The Morgan fingerprint density at radius 3 is 2.62 bits per heavy atom. The Bertz CT molecular complexity index is 1010. The van der Waals surface area contributed by atoms with Gasteiger partial charge in [0.15, 0.2) is 0 Å². The first-order chi connectivity index (χ1) is 15.8. The molecule has 0 atom stereocenters. The highest BCUT2D eigenvalue weighted by atomic mass is 16.5. The maximum Gasteiger partial charge on any atom is 0.229 e. The van der Waals surface area contributed by atoms with Crippen LogP contribution in [0.15, 0.2) is 47.1 Å². The Morgan fingerprint density at radius 2 is 1.84 bits per heavy atom. The fourth-order valence-corrected chi connectivity index (χ4v) is 4.54. The summed E-state index contributed by atoms with van der Waals surface area (Å²) in [6.45, 7) is 4.12. The summed E-state index contributed by atoms with van der Waals surface area (Å²) in [7, 11) is 1.99. The maximum atomic E-state index is 5.92. The zero-order chi connectivity index (χ0) is 21.8. The van der Waals surface area contributed by atoms with Crippen LogP contribution in [0, 0.1) is 0 Å². The van der Waals surface area contributed by atoms with E-state index in [9.17, 15) is 0 Å². The highest BCUT2D eigenvalue weighted by Crippen LogP contribution is 2.33. The summed E-state index contributed by atoms with van der Waals surface area (Å²) in [4.78, 5) is 14.2. The van der Waals surface area contributed by atoms with Gasteiger partial charge in [0, 0.05) is 30.9 Å². The van der Waals surface area contributed by atoms with E-state index >= 15 is 0 Å². The lowest BCUT2D eigenvalue weighted by Gasteiger charge is -2.24. The molecule has 1 saturated heterocycles. The van der Waals surface area contributed by atoms with Crippen LogP contribution in [0.1, 0.15) is 36.9 Å². The number of hydrogen-bond acceptors (Lipinski definition) is 7. The number of fused-ring (bicyclic) bond motifs is 1. The third-order valence-electron chi connectivity index (χ3n) is 6.30. The van der Waals surface area contributed by atoms with Crippen molar-refractivity contribution in [2.45, 2.75) is 38.5 Å². The van der Waals surface area contributed by atoms with Crippen LogP contribution in [0.25, 0.3) is 0 Å². The lowest BCUT2D eigenvalue weighted by atomic mass is 9.96. The van der Waals surface area contributed by atoms with E-state index in [0.29, 0.717) is 5.95 Å². The first-order valence-electron chi connectivity index (χ1n) is 11.7. The molecule has 5 rings (SSSR count). The van der Waals surface area contributed by atoms with Crippen LogP contribution in [-0.2, 0) is 12.8 Å². The number of benzene rings is 1. The number of hydrogen-bond donors (Lipinski definition) is 1. The van der Waals surface area contributed by atoms with Crippen LogP contribution >= 0.6 is 0 Å². The van der Waals surface area contributed by atoms with Gasteiger partial charge in [-0.3, -0.25) is 9.80 Å². The Morgan fingerprint density at radius 1 is 1.03 bits per heavy atom. The van der Waals surface area contributed by atoms with Crippen LogP contribution in [0.3, 0.4) is 0 Å². The molecule has 3 aromatic rings. The van der Waals surface area contributed by atoms with E-state index in [0.717, 1.165) is 61.2 Å². The van der Waals surface area contributed by atoms with Crippen LogP contribution in [-0.4, -0.2) is 48.2 Å². The van der Waals surface area contributed by atoms with Gasteiger partial charge >= 0.3 is 0 Å². The van der Waals surface area contributed by atoms with Gasteiger partial charge in [0.25, 0.3) is 0 Å². The normalized spacial score (nSPS) is 16.0. The van der Waals surface area contributed by atoms with Gasteiger partial charge in [-0.1, -0.05) is 0 Å². The smallest absolute Gasteiger partial charge is 0.229 e. The van der Waals surface area contributed by atoms with Gasteiger partial charge in [-0.05, 0) is 81.9 Å². The molecule has 1 aliphatic heterocycles. The largest absolute Gasteiger partial charge is 0.492 e. The Kier molecular flexibility index (Phi) is 6.25. The predicted molar refractivity (Wildman–Crippen MR) is 126 cm³/mol. The Balaban J connectivity index is 1.28. The molecule has 1 N–H and O–H groups in total. The van der Waals surface area contributed by atoms with Gasteiger partial charge in [-0.2, -0.15) is 4.98 Å². The summed E-state index contributed by atoms with van der Waals surface area (Å²) in [5.74, 6) is 3.19. The van der Waals surface area contributed by atoms with E-state index in [-0.39, 0.29) is 0 Å². The van der Waals surface area contributed by atoms with Crippen LogP contribution in [0.5, 0.6) is 5.75 Å². The van der Waals surface area contributed by atoms with Crippen LogP contribution in [0.4, 0.5) is 23.3 Å². The zero-order valence-corrected chi connectivity index (χ0v) is 18.7. The van der Waals surface area contributed by atoms with Gasteiger partial charge in [-0.15, -0.1) is 0 Å². The number of anilines is 4. The molecule has 0 radical (unpaired) electrons. The molecule has 1 aliphatic carbocycles. The van der Waals surface area contributed by atoms with Crippen molar-refractivity contribution in [2.24, 2.45) is 0 Å². The lowest BCUT2D eigenvalue weighted by Crippen LogP contribution is -2.25. The van der Waals surface area contributed by atoms with Crippen molar-refractivity contribution < 1.29 is 9.15 Å². The Hall–Kier alpha value is -3.06. The van der Waals surface area contributed by atoms with E-state index in [4.69, 9.17) is 19.1 Å². The topological polar surface area (TPSA) is 66.7 Å². The number of likely N-dealkylation sites (tertiary alicyclic amines) is 1. The second-order valence-corrected chi connectivity index (χ2v) is 8.56. The minimum atomic E-state index is 0.613. The molecule has 1 fully saturated rings. The number of aromatic nitrogens is 2. The van der Waals surface area contributed by atoms with Crippen LogP contribution in [0.2, 0.25) is 0 Å². The van der Waals surface area contributed by atoms with Crippen molar-refractivity contribution >= 4 is 23.3 Å². The van der Waals surface area contributed by atoms with Gasteiger partial charge in [0.2, 0.25) is 11.8 Å². The van der Waals surface area contributed by atoms with Gasteiger partial charge in [0.05, 0.1) is 12.0 Å². The van der Waals surface area contributed by atoms with Crippen molar-refractivity contribution in [3.8, 4) is 5.75 Å². The zero-order valence-electron chi connectivity index (χ0n) is 18.7. The molecule has 168 valence electrons. The van der Waals surface area contributed by atoms with E-state index in [1.807, 2.05) is 48.3 Å². The molecule has 0 amide bonds. The SMILES string of the molecule is CN(c1ccco1)c1nc(Nc2ccc(OCCN3CCCC3)cc2)nc2c1CCCC2. The molecule has 0 bridgehead atoms. The van der Waals surface area contributed by atoms with E-state index < -0.39 is 0 Å². The molecule has 7 heteroatoms. The van der Waals surface area contributed by atoms with Crippen molar-refractivity contribution in [3.63, 3.8) is 0 Å². The van der Waals surface area contributed by atoms with Crippen molar-refractivity contribution in [1.82, 2.24) is 14.9 Å². The third-order valence-corrected chi connectivity index (χ3v) is 6.30. The van der Waals surface area contributed by atoms with Crippen molar-refractivity contribution in [1.29, 1.82) is 0 Å². The highest BCUT2D eigenvalue weighted by molar-refractivity contribution is 5.63. The average molecular weight is 434 g/mol. The molecule has 7 nitrogen and oxygen atoms in total. The molecular formula is C25H31N5O2. The first kappa shape index (κ1) is 20.8. The average Bonchev–Trinajstić information content (AvgIpc) is 3.54. The highest BCUT2D eigenvalue weighted by Gasteiger charge is 2.22. The molecule has 0 saturated carbocycles. The standard InChI is InChI=1S/C25H31N5O2/c1-29(23-9-6-17-32-23)24-21-7-2-3-8-22(21)27-25(28-24)26-19-10-12-20(13-11-19)31-18-16-30-14-4-5-15-30/h6,9-13,17H,2-5,7-8,14-16,18H2,1H3,(H,26,27,28). The number of nitrogens with zero attached hydrogens (tertiary/aromatic N) is 4. The third kappa shape index (κ3) is 4.72. The first-order valence-corrected chi connectivity index (χ1v) is 11.7. The van der Waals surface area contributed by atoms with Crippen molar-refractivity contribution in [3.05, 3.63) is 53.9 Å². The lowest BCUT2D eigenvalue weighted by molar-refractivity contribution is 0.238. The molecule has 1 aromatic carbocycles. The molecule has 2 aromatic heterocycles. The molecule has 2 aliphatic rings. The minimum Gasteiger partial charge on any atom is -0.492 e. The second-order valence-electron chi connectivity index (χ2n) is 8.56. The van der Waals surface area contributed by atoms with E-state index in [1.54, 1.807) is 6.26 Å².